The van der Waals surface area contributed by atoms with Gasteiger partial charge in [0.2, 0.25) is 0 Å². The van der Waals surface area contributed by atoms with Gasteiger partial charge < -0.3 is 15.8 Å². The predicted octanol–water partition coefficient (Wildman–Crippen LogP) is 6.20. The SMILES string of the molecule is CCCCCCCCCCCCCCCCCCNCC(CN)OCC. The average molecular weight is 371 g/mol. The van der Waals surface area contributed by atoms with Crippen LogP contribution in [0.3, 0.4) is 0 Å². The molecule has 3 nitrogen and oxygen atoms in total. The third-order valence-electron chi connectivity index (χ3n) is 5.24. The zero-order valence-corrected chi connectivity index (χ0v) is 18.2. The van der Waals surface area contributed by atoms with E-state index in [1.54, 1.807) is 0 Å². The fraction of sp³-hybridized carbons (Fsp3) is 1.00. The monoisotopic (exact) mass is 370 g/mol. The third-order valence-corrected chi connectivity index (χ3v) is 5.24. The van der Waals surface area contributed by atoms with E-state index in [4.69, 9.17) is 10.5 Å². The maximum atomic E-state index is 5.67. The second-order valence-corrected chi connectivity index (χ2v) is 7.82. The molecule has 0 aromatic rings. The molecule has 0 saturated carbocycles. The topological polar surface area (TPSA) is 47.3 Å². The minimum Gasteiger partial charge on any atom is -0.376 e. The summed E-state index contributed by atoms with van der Waals surface area (Å²) in [5, 5.41) is 3.47. The summed E-state index contributed by atoms with van der Waals surface area (Å²) in [6.45, 7) is 7.67. The highest BCUT2D eigenvalue weighted by molar-refractivity contribution is 4.62. The molecule has 0 heterocycles. The number of ether oxygens (including phenoxy) is 1. The van der Waals surface area contributed by atoms with Gasteiger partial charge in [-0.2, -0.15) is 0 Å². The van der Waals surface area contributed by atoms with Gasteiger partial charge in [0, 0.05) is 19.7 Å². The summed E-state index contributed by atoms with van der Waals surface area (Å²) < 4.78 is 5.54. The van der Waals surface area contributed by atoms with Crippen LogP contribution in [0.15, 0.2) is 0 Å². The Morgan fingerprint density at radius 3 is 1.46 bits per heavy atom. The standard InChI is InChI=1S/C23H50N2O/c1-3-5-6-7-8-9-10-11-12-13-14-15-16-17-18-19-20-25-22-23(21-24)26-4-2/h23,25H,3-22,24H2,1-2H3. The maximum Gasteiger partial charge on any atom is 0.0821 e. The third kappa shape index (κ3) is 20.2. The molecule has 0 aromatic heterocycles. The van der Waals surface area contributed by atoms with Crippen LogP contribution >= 0.6 is 0 Å². The molecule has 0 aliphatic rings. The van der Waals surface area contributed by atoms with Crippen molar-refractivity contribution in [3.8, 4) is 0 Å². The highest BCUT2D eigenvalue weighted by Gasteiger charge is 2.04. The molecule has 158 valence electrons. The van der Waals surface area contributed by atoms with Crippen molar-refractivity contribution in [1.29, 1.82) is 0 Å². The first-order valence-electron chi connectivity index (χ1n) is 11.9. The van der Waals surface area contributed by atoms with Gasteiger partial charge in [-0.05, 0) is 19.9 Å². The van der Waals surface area contributed by atoms with Crippen LogP contribution in [0, 0.1) is 0 Å². The van der Waals surface area contributed by atoms with E-state index in [0.29, 0.717) is 6.54 Å². The lowest BCUT2D eigenvalue weighted by molar-refractivity contribution is 0.0689. The lowest BCUT2D eigenvalue weighted by Gasteiger charge is -2.15. The van der Waals surface area contributed by atoms with E-state index in [1.165, 1.54) is 103 Å². The van der Waals surface area contributed by atoms with Crippen LogP contribution in [-0.2, 0) is 4.74 Å². The Bertz CT molecular complexity index is 248. The number of nitrogens with one attached hydrogen (secondary N) is 1. The Balaban J connectivity index is 3.07. The van der Waals surface area contributed by atoms with Gasteiger partial charge in [-0.25, -0.2) is 0 Å². The molecule has 0 rings (SSSR count). The van der Waals surface area contributed by atoms with Crippen LogP contribution in [0.4, 0.5) is 0 Å². The summed E-state index contributed by atoms with van der Waals surface area (Å²) >= 11 is 0. The summed E-state index contributed by atoms with van der Waals surface area (Å²) in [4.78, 5) is 0. The van der Waals surface area contributed by atoms with Gasteiger partial charge in [-0.3, -0.25) is 0 Å². The molecule has 1 atom stereocenters. The zero-order valence-electron chi connectivity index (χ0n) is 18.2. The van der Waals surface area contributed by atoms with Crippen molar-refractivity contribution >= 4 is 0 Å². The quantitative estimate of drug-likeness (QED) is 0.223. The van der Waals surface area contributed by atoms with E-state index < -0.39 is 0 Å². The number of hydrogen-bond acceptors (Lipinski definition) is 3. The fourth-order valence-corrected chi connectivity index (χ4v) is 3.51. The highest BCUT2D eigenvalue weighted by Crippen LogP contribution is 2.13. The van der Waals surface area contributed by atoms with Gasteiger partial charge in [0.05, 0.1) is 6.10 Å². The van der Waals surface area contributed by atoms with Gasteiger partial charge in [0.1, 0.15) is 0 Å². The number of unbranched alkanes of at least 4 members (excludes halogenated alkanes) is 15. The molecular weight excluding hydrogens is 320 g/mol. The molecule has 0 amide bonds. The van der Waals surface area contributed by atoms with Crippen LogP contribution in [0.2, 0.25) is 0 Å². The molecule has 0 fully saturated rings. The van der Waals surface area contributed by atoms with Gasteiger partial charge >= 0.3 is 0 Å². The average Bonchev–Trinajstić information content (AvgIpc) is 2.66. The second kappa shape index (κ2) is 22.9. The largest absolute Gasteiger partial charge is 0.376 e. The molecule has 0 aromatic carbocycles. The van der Waals surface area contributed by atoms with Crippen LogP contribution < -0.4 is 11.1 Å². The van der Waals surface area contributed by atoms with Crippen molar-refractivity contribution in [2.75, 3.05) is 26.2 Å². The van der Waals surface area contributed by atoms with Gasteiger partial charge in [-0.15, -0.1) is 0 Å². The Morgan fingerprint density at radius 2 is 1.08 bits per heavy atom. The van der Waals surface area contributed by atoms with Crippen LogP contribution in [0.25, 0.3) is 0 Å². The summed E-state index contributed by atoms with van der Waals surface area (Å²) in [6, 6.07) is 0. The molecule has 0 aliphatic heterocycles. The van der Waals surface area contributed by atoms with Crippen LogP contribution in [0.5, 0.6) is 0 Å². The molecule has 26 heavy (non-hydrogen) atoms. The minimum absolute atomic E-state index is 0.182. The molecule has 0 saturated heterocycles. The van der Waals surface area contributed by atoms with E-state index >= 15 is 0 Å². The fourth-order valence-electron chi connectivity index (χ4n) is 3.51. The molecule has 1 unspecified atom stereocenters. The molecule has 0 spiro atoms. The van der Waals surface area contributed by atoms with Crippen molar-refractivity contribution in [3.05, 3.63) is 0 Å². The van der Waals surface area contributed by atoms with E-state index in [-0.39, 0.29) is 6.10 Å². The smallest absolute Gasteiger partial charge is 0.0821 e. The van der Waals surface area contributed by atoms with E-state index in [1.807, 2.05) is 6.92 Å². The Morgan fingerprint density at radius 1 is 0.654 bits per heavy atom. The second-order valence-electron chi connectivity index (χ2n) is 7.82. The lowest BCUT2D eigenvalue weighted by atomic mass is 10.0. The summed E-state index contributed by atoms with van der Waals surface area (Å²) in [6.07, 6.45) is 23.0. The molecular formula is C23H50N2O. The van der Waals surface area contributed by atoms with Gasteiger partial charge in [-0.1, -0.05) is 103 Å². The number of hydrogen-bond donors (Lipinski definition) is 2. The van der Waals surface area contributed by atoms with Crippen LogP contribution in [0.1, 0.15) is 117 Å². The maximum absolute atomic E-state index is 5.67. The van der Waals surface area contributed by atoms with E-state index in [0.717, 1.165) is 19.7 Å². The van der Waals surface area contributed by atoms with Crippen molar-refractivity contribution in [2.24, 2.45) is 5.73 Å². The molecule has 0 aliphatic carbocycles. The summed E-state index contributed by atoms with van der Waals surface area (Å²) in [7, 11) is 0. The normalized spacial score (nSPS) is 12.6. The van der Waals surface area contributed by atoms with Crippen molar-refractivity contribution in [2.45, 2.75) is 123 Å². The minimum atomic E-state index is 0.182. The van der Waals surface area contributed by atoms with E-state index in [2.05, 4.69) is 12.2 Å². The molecule has 3 N–H and O–H groups in total. The zero-order chi connectivity index (χ0) is 19.1. The molecule has 0 radical (unpaired) electrons. The van der Waals surface area contributed by atoms with Crippen molar-refractivity contribution < 1.29 is 4.74 Å². The first kappa shape index (κ1) is 25.9. The predicted molar refractivity (Wildman–Crippen MR) is 117 cm³/mol. The van der Waals surface area contributed by atoms with E-state index in [9.17, 15) is 0 Å². The number of nitrogens with two attached hydrogens (primary N) is 1. The number of rotatable bonds is 22. The van der Waals surface area contributed by atoms with Gasteiger partial charge in [0.15, 0.2) is 0 Å². The lowest BCUT2D eigenvalue weighted by Crippen LogP contribution is -2.35. The summed E-state index contributed by atoms with van der Waals surface area (Å²) in [5.41, 5.74) is 5.67. The van der Waals surface area contributed by atoms with Crippen molar-refractivity contribution in [3.63, 3.8) is 0 Å². The summed E-state index contributed by atoms with van der Waals surface area (Å²) in [5.74, 6) is 0. The highest BCUT2D eigenvalue weighted by atomic mass is 16.5. The molecule has 0 bridgehead atoms. The van der Waals surface area contributed by atoms with Crippen LogP contribution in [-0.4, -0.2) is 32.3 Å². The first-order chi connectivity index (χ1) is 12.8. The van der Waals surface area contributed by atoms with Gasteiger partial charge in [0.25, 0.3) is 0 Å². The Labute approximate surface area is 165 Å². The first-order valence-corrected chi connectivity index (χ1v) is 11.9. The van der Waals surface area contributed by atoms with Crippen molar-refractivity contribution in [1.82, 2.24) is 5.32 Å². The Kier molecular flexibility index (Phi) is 22.8. The Hall–Kier alpha value is -0.120. The molecule has 3 heteroatoms.